The van der Waals surface area contributed by atoms with Gasteiger partial charge in [0.05, 0.1) is 12.5 Å². The van der Waals surface area contributed by atoms with Crippen molar-refractivity contribution in [2.75, 3.05) is 6.54 Å². The first kappa shape index (κ1) is 23.8. The third-order valence-electron chi connectivity index (χ3n) is 3.18. The van der Waals surface area contributed by atoms with E-state index < -0.39 is 73.1 Å². The Morgan fingerprint density at radius 1 is 0.852 bits per heavy atom. The van der Waals surface area contributed by atoms with Gasteiger partial charge in [0.1, 0.15) is 18.6 Å². The average molecular weight is 390 g/mol. The lowest BCUT2D eigenvalue weighted by Gasteiger charge is -2.21. The summed E-state index contributed by atoms with van der Waals surface area (Å²) < 4.78 is 0. The molecule has 13 heteroatoms. The highest BCUT2D eigenvalue weighted by molar-refractivity contribution is 5.95. The molecule has 8 N–H and O–H groups in total. The molecule has 152 valence electrons. The number of nitrogens with two attached hydrogens (primary N) is 1. The second-order valence-electron chi connectivity index (χ2n) is 5.54. The largest absolute Gasteiger partial charge is 0.481 e. The number of rotatable bonds is 12. The molecule has 0 aromatic rings. The number of hydrogen-bond acceptors (Lipinski definition) is 7. The highest BCUT2D eigenvalue weighted by atomic mass is 16.4. The zero-order valence-corrected chi connectivity index (χ0v) is 14.4. The topological polar surface area (TPSA) is 225 Å². The van der Waals surface area contributed by atoms with Crippen LogP contribution in [0.5, 0.6) is 0 Å². The Morgan fingerprint density at radius 2 is 1.44 bits per heavy atom. The molecular weight excluding hydrogens is 368 g/mol. The molecule has 0 aliphatic heterocycles. The molecule has 0 fully saturated rings. The van der Waals surface area contributed by atoms with E-state index in [9.17, 15) is 28.8 Å². The second kappa shape index (κ2) is 11.4. The molecule has 13 nitrogen and oxygen atoms in total. The quantitative estimate of drug-likeness (QED) is 0.177. The highest BCUT2D eigenvalue weighted by Crippen LogP contribution is 1.99. The summed E-state index contributed by atoms with van der Waals surface area (Å²) in [6.07, 6.45) is -1.44. The van der Waals surface area contributed by atoms with Crippen molar-refractivity contribution in [3.8, 4) is 0 Å². The number of carboxylic acid groups (broad SMARTS) is 3. The molecule has 0 aromatic heterocycles. The lowest BCUT2D eigenvalue weighted by molar-refractivity contribution is -0.141. The summed E-state index contributed by atoms with van der Waals surface area (Å²) in [7, 11) is 0. The van der Waals surface area contributed by atoms with Gasteiger partial charge >= 0.3 is 17.9 Å². The molecule has 3 amide bonds. The predicted molar refractivity (Wildman–Crippen MR) is 87.3 cm³/mol. The van der Waals surface area contributed by atoms with Gasteiger partial charge in [0.2, 0.25) is 17.7 Å². The molecule has 0 radical (unpaired) electrons. The first-order chi connectivity index (χ1) is 12.4. The number of amides is 3. The normalized spacial score (nSPS) is 13.6. The molecule has 3 atom stereocenters. The van der Waals surface area contributed by atoms with E-state index in [-0.39, 0.29) is 6.42 Å². The maximum Gasteiger partial charge on any atom is 0.322 e. The average Bonchev–Trinajstić information content (AvgIpc) is 2.55. The zero-order chi connectivity index (χ0) is 21.1. The summed E-state index contributed by atoms with van der Waals surface area (Å²) in [5.74, 6) is -6.66. The van der Waals surface area contributed by atoms with Crippen molar-refractivity contribution in [3.05, 3.63) is 0 Å². The maximum absolute atomic E-state index is 12.1. The fourth-order valence-corrected chi connectivity index (χ4v) is 1.77. The Balaban J connectivity index is 4.86. The van der Waals surface area contributed by atoms with E-state index in [1.807, 2.05) is 5.32 Å². The predicted octanol–water partition coefficient (Wildman–Crippen LogP) is -3.16. The van der Waals surface area contributed by atoms with Crippen molar-refractivity contribution in [1.82, 2.24) is 16.0 Å². The van der Waals surface area contributed by atoms with Crippen LogP contribution in [0.4, 0.5) is 0 Å². The summed E-state index contributed by atoms with van der Waals surface area (Å²) in [5.41, 5.74) is 5.49. The van der Waals surface area contributed by atoms with Crippen molar-refractivity contribution >= 4 is 35.6 Å². The van der Waals surface area contributed by atoms with E-state index in [4.69, 9.17) is 21.1 Å². The third-order valence-corrected chi connectivity index (χ3v) is 3.18. The molecule has 3 unspecified atom stereocenters. The first-order valence-corrected chi connectivity index (χ1v) is 7.73. The fraction of sp³-hybridized carbons (Fsp3) is 0.571. The second-order valence-corrected chi connectivity index (χ2v) is 5.54. The Morgan fingerprint density at radius 3 is 1.93 bits per heavy atom. The summed E-state index contributed by atoms with van der Waals surface area (Å²) >= 11 is 0. The summed E-state index contributed by atoms with van der Waals surface area (Å²) in [5, 5.41) is 32.2. The van der Waals surface area contributed by atoms with Gasteiger partial charge in [0.25, 0.3) is 0 Å². The van der Waals surface area contributed by atoms with Crippen LogP contribution in [0.1, 0.15) is 26.2 Å². The molecule has 0 heterocycles. The van der Waals surface area contributed by atoms with Gasteiger partial charge < -0.3 is 37.0 Å². The molecule has 27 heavy (non-hydrogen) atoms. The van der Waals surface area contributed by atoms with Crippen LogP contribution in [-0.2, 0) is 28.8 Å². The Bertz CT molecular complexity index is 607. The molecular formula is C14H22N4O9. The van der Waals surface area contributed by atoms with Crippen LogP contribution in [0, 0.1) is 0 Å². The van der Waals surface area contributed by atoms with Crippen LogP contribution in [0.3, 0.4) is 0 Å². The number of hydrogen-bond donors (Lipinski definition) is 7. The van der Waals surface area contributed by atoms with Crippen molar-refractivity contribution in [1.29, 1.82) is 0 Å². The maximum atomic E-state index is 12.1. The van der Waals surface area contributed by atoms with E-state index in [0.29, 0.717) is 0 Å². The summed E-state index contributed by atoms with van der Waals surface area (Å²) in [6, 6.07) is -4.05. The number of aliphatic carboxylic acids is 3. The lowest BCUT2D eigenvalue weighted by atomic mass is 10.1. The minimum absolute atomic E-state index is 0.226. The van der Waals surface area contributed by atoms with Crippen LogP contribution in [0.15, 0.2) is 0 Å². The van der Waals surface area contributed by atoms with Crippen LogP contribution < -0.4 is 21.7 Å². The SMILES string of the molecule is CC(NC(=O)C(CC(=O)O)NC(=O)C(N)CCC(=O)O)C(=O)NCC(=O)O. The van der Waals surface area contributed by atoms with Gasteiger partial charge in [-0.3, -0.25) is 28.8 Å². The summed E-state index contributed by atoms with van der Waals surface area (Å²) in [6.45, 7) is 0.556. The zero-order valence-electron chi connectivity index (χ0n) is 14.4. The standard InChI is InChI=1S/C14H22N4O9/c1-6(12(25)16-5-11(23)24)17-14(27)8(4-10(21)22)18-13(26)7(15)2-3-9(19)20/h6-8H,2-5,15H2,1H3,(H,16,25)(H,17,27)(H,18,26)(H,19,20)(H,21,22)(H,23,24). The smallest absolute Gasteiger partial charge is 0.322 e. The Hall–Kier alpha value is -3.22. The molecule has 0 aliphatic carbocycles. The van der Waals surface area contributed by atoms with E-state index in [2.05, 4.69) is 10.6 Å². The number of carbonyl (C=O) groups excluding carboxylic acids is 3. The van der Waals surface area contributed by atoms with Gasteiger partial charge in [0, 0.05) is 6.42 Å². The molecule has 0 saturated carbocycles. The number of carbonyl (C=O) groups is 6. The number of nitrogens with one attached hydrogen (secondary N) is 3. The van der Waals surface area contributed by atoms with Crippen molar-refractivity contribution in [2.24, 2.45) is 5.73 Å². The monoisotopic (exact) mass is 390 g/mol. The van der Waals surface area contributed by atoms with Crippen molar-refractivity contribution in [3.63, 3.8) is 0 Å². The van der Waals surface area contributed by atoms with Crippen LogP contribution >= 0.6 is 0 Å². The molecule has 0 aliphatic rings. The van der Waals surface area contributed by atoms with Gasteiger partial charge in [-0.25, -0.2) is 0 Å². The fourth-order valence-electron chi connectivity index (χ4n) is 1.77. The first-order valence-electron chi connectivity index (χ1n) is 7.73. The highest BCUT2D eigenvalue weighted by Gasteiger charge is 2.28. The van der Waals surface area contributed by atoms with Crippen LogP contribution in [-0.4, -0.2) is 75.6 Å². The van der Waals surface area contributed by atoms with E-state index in [1.165, 1.54) is 6.92 Å². The van der Waals surface area contributed by atoms with Gasteiger partial charge in [0.15, 0.2) is 0 Å². The van der Waals surface area contributed by atoms with Gasteiger partial charge in [-0.05, 0) is 13.3 Å². The molecule has 0 rings (SSSR count). The summed E-state index contributed by atoms with van der Waals surface area (Å²) in [4.78, 5) is 67.4. The molecule has 0 spiro atoms. The third kappa shape index (κ3) is 10.4. The minimum atomic E-state index is -1.57. The Labute approximate surface area is 153 Å². The van der Waals surface area contributed by atoms with Crippen molar-refractivity contribution in [2.45, 2.75) is 44.3 Å². The van der Waals surface area contributed by atoms with Crippen LogP contribution in [0.25, 0.3) is 0 Å². The molecule has 0 saturated heterocycles. The Kier molecular flexibility index (Phi) is 10.0. The van der Waals surface area contributed by atoms with Gasteiger partial charge in [-0.1, -0.05) is 0 Å². The molecule has 0 bridgehead atoms. The minimum Gasteiger partial charge on any atom is -0.481 e. The van der Waals surface area contributed by atoms with E-state index in [0.717, 1.165) is 0 Å². The van der Waals surface area contributed by atoms with Crippen molar-refractivity contribution < 1.29 is 44.1 Å². The molecule has 0 aromatic carbocycles. The number of carboxylic acids is 3. The van der Waals surface area contributed by atoms with Gasteiger partial charge in [-0.15, -0.1) is 0 Å². The van der Waals surface area contributed by atoms with E-state index >= 15 is 0 Å². The lowest BCUT2D eigenvalue weighted by Crippen LogP contribution is -2.55. The van der Waals surface area contributed by atoms with E-state index in [1.54, 1.807) is 0 Å². The van der Waals surface area contributed by atoms with Gasteiger partial charge in [-0.2, -0.15) is 0 Å². The van der Waals surface area contributed by atoms with Crippen LogP contribution in [0.2, 0.25) is 0 Å².